The Hall–Kier alpha value is -5.48. The molecule has 1 aliphatic carbocycles. The highest BCUT2D eigenvalue weighted by Crippen LogP contribution is 2.42. The van der Waals surface area contributed by atoms with Crippen LogP contribution in [0.2, 0.25) is 0 Å². The van der Waals surface area contributed by atoms with Gasteiger partial charge in [0.1, 0.15) is 11.2 Å². The van der Waals surface area contributed by atoms with Gasteiger partial charge in [0.15, 0.2) is 0 Å². The molecular weight excluding hydrogens is 526 g/mol. The molecule has 204 valence electrons. The first-order valence-electron chi connectivity index (χ1n) is 14.7. The molecule has 0 spiro atoms. The van der Waals surface area contributed by atoms with Crippen LogP contribution in [0.1, 0.15) is 18.9 Å². The number of aromatic nitrogens is 3. The fourth-order valence-corrected chi connectivity index (χ4v) is 6.78. The summed E-state index contributed by atoms with van der Waals surface area (Å²) in [7, 11) is 0. The van der Waals surface area contributed by atoms with Gasteiger partial charge in [-0.05, 0) is 42.3 Å². The van der Waals surface area contributed by atoms with E-state index in [2.05, 4.69) is 121 Å². The first-order valence-corrected chi connectivity index (χ1v) is 14.7. The molecule has 9 rings (SSSR count). The predicted molar refractivity (Wildman–Crippen MR) is 177 cm³/mol. The van der Waals surface area contributed by atoms with Crippen molar-refractivity contribution < 1.29 is 4.42 Å². The lowest BCUT2D eigenvalue weighted by Crippen LogP contribution is -2.19. The number of hydrogen-bond acceptors (Lipinski definition) is 3. The van der Waals surface area contributed by atoms with Crippen molar-refractivity contribution >= 4 is 54.6 Å². The van der Waals surface area contributed by atoms with E-state index in [1.807, 2.05) is 24.3 Å². The van der Waals surface area contributed by atoms with E-state index in [4.69, 9.17) is 14.4 Å². The molecule has 0 fully saturated rings. The first-order chi connectivity index (χ1) is 21.2. The lowest BCUT2D eigenvalue weighted by molar-refractivity contribution is 0.600. The molecule has 3 aromatic heterocycles. The van der Waals surface area contributed by atoms with E-state index in [-0.39, 0.29) is 5.41 Å². The highest BCUT2D eigenvalue weighted by Gasteiger charge is 2.27. The Balaban J connectivity index is 1.42. The molecule has 5 aromatic carbocycles. The first kappa shape index (κ1) is 24.2. The Morgan fingerprint density at radius 3 is 2.35 bits per heavy atom. The average Bonchev–Trinajstić information content (AvgIpc) is 3.60. The molecule has 4 heteroatoms. The molecule has 0 amide bonds. The zero-order valence-corrected chi connectivity index (χ0v) is 23.7. The van der Waals surface area contributed by atoms with Gasteiger partial charge >= 0.3 is 0 Å². The number of rotatable bonds is 3. The van der Waals surface area contributed by atoms with Crippen molar-refractivity contribution in [3.05, 3.63) is 139 Å². The smallest absolute Gasteiger partial charge is 0.235 e. The molecule has 3 heterocycles. The summed E-state index contributed by atoms with van der Waals surface area (Å²) >= 11 is 0. The third-order valence-electron chi connectivity index (χ3n) is 9.03. The van der Waals surface area contributed by atoms with E-state index in [1.165, 1.54) is 5.56 Å². The summed E-state index contributed by atoms with van der Waals surface area (Å²) in [6.07, 6.45) is 9.78. The molecule has 0 saturated heterocycles. The fraction of sp³-hybridized carbons (Fsp3) is 0.0769. The molecule has 0 aliphatic heterocycles. The molecule has 1 atom stereocenters. The molecule has 8 aromatic rings. The zero-order valence-electron chi connectivity index (χ0n) is 23.7. The van der Waals surface area contributed by atoms with Gasteiger partial charge in [0.25, 0.3) is 0 Å². The van der Waals surface area contributed by atoms with Crippen LogP contribution in [0.3, 0.4) is 0 Å². The van der Waals surface area contributed by atoms with Crippen LogP contribution >= 0.6 is 0 Å². The summed E-state index contributed by atoms with van der Waals surface area (Å²) in [6, 6.07) is 38.2. The molecular formula is C39H27N3O. The maximum Gasteiger partial charge on any atom is 0.235 e. The van der Waals surface area contributed by atoms with E-state index >= 15 is 0 Å². The lowest BCUT2D eigenvalue weighted by atomic mass is 9.77. The molecule has 0 bridgehead atoms. The van der Waals surface area contributed by atoms with Crippen molar-refractivity contribution in [2.75, 3.05) is 0 Å². The SMILES string of the molecule is CC1(c2ccc3c4c5oc6ccccc6c5ccc4n(-c4nc(-c5ccccc5)c5ccccc5n4)c3c2)C=CC=CC1. The third-order valence-corrected chi connectivity index (χ3v) is 9.03. The summed E-state index contributed by atoms with van der Waals surface area (Å²) in [6.45, 7) is 2.30. The standard InChI is InChI=1S/C39H27N3O/c1-39(22-10-3-11-23-39)26-18-19-30-33(24-26)42(32-21-20-28-27-14-7-9-17-34(27)43-37(28)35(30)32)38-40-31-16-8-6-15-29(31)36(41-38)25-12-4-2-5-13-25/h2-22,24H,23H2,1H3. The second-order valence-electron chi connectivity index (χ2n) is 11.7. The van der Waals surface area contributed by atoms with Crippen LogP contribution in [-0.2, 0) is 5.41 Å². The largest absolute Gasteiger partial charge is 0.455 e. The minimum absolute atomic E-state index is 0.0989. The number of nitrogens with zero attached hydrogens (tertiary/aromatic N) is 3. The van der Waals surface area contributed by atoms with Gasteiger partial charge in [0, 0.05) is 32.5 Å². The predicted octanol–water partition coefficient (Wildman–Crippen LogP) is 10.1. The van der Waals surface area contributed by atoms with Crippen molar-refractivity contribution in [3.63, 3.8) is 0 Å². The molecule has 43 heavy (non-hydrogen) atoms. The van der Waals surface area contributed by atoms with Crippen LogP contribution in [-0.4, -0.2) is 14.5 Å². The van der Waals surface area contributed by atoms with Gasteiger partial charge in [-0.15, -0.1) is 0 Å². The second-order valence-corrected chi connectivity index (χ2v) is 11.7. The summed E-state index contributed by atoms with van der Waals surface area (Å²) in [5.41, 5.74) is 7.94. The van der Waals surface area contributed by atoms with E-state index in [1.54, 1.807) is 0 Å². The molecule has 4 nitrogen and oxygen atoms in total. The number of fused-ring (bicyclic) bond motifs is 8. The molecule has 1 aliphatic rings. The van der Waals surface area contributed by atoms with Gasteiger partial charge in [-0.25, -0.2) is 9.97 Å². The van der Waals surface area contributed by atoms with E-state index in [0.717, 1.165) is 72.3 Å². The van der Waals surface area contributed by atoms with Crippen LogP contribution in [0.25, 0.3) is 71.9 Å². The average molecular weight is 554 g/mol. The van der Waals surface area contributed by atoms with E-state index < -0.39 is 0 Å². The summed E-state index contributed by atoms with van der Waals surface area (Å²) < 4.78 is 8.81. The highest BCUT2D eigenvalue weighted by molar-refractivity contribution is 6.23. The van der Waals surface area contributed by atoms with Crippen molar-refractivity contribution in [1.29, 1.82) is 0 Å². The Labute approximate surface area is 248 Å². The Morgan fingerprint density at radius 1 is 0.698 bits per heavy atom. The van der Waals surface area contributed by atoms with E-state index in [0.29, 0.717) is 5.95 Å². The Bertz CT molecular complexity index is 2440. The zero-order chi connectivity index (χ0) is 28.5. The Kier molecular flexibility index (Phi) is 5.06. The number of furan rings is 1. The van der Waals surface area contributed by atoms with Gasteiger partial charge in [-0.2, -0.15) is 0 Å². The van der Waals surface area contributed by atoms with Gasteiger partial charge in [0.05, 0.1) is 27.6 Å². The van der Waals surface area contributed by atoms with Crippen molar-refractivity contribution in [2.45, 2.75) is 18.8 Å². The van der Waals surface area contributed by atoms with Crippen molar-refractivity contribution in [1.82, 2.24) is 14.5 Å². The highest BCUT2D eigenvalue weighted by atomic mass is 16.3. The van der Waals surface area contributed by atoms with Crippen LogP contribution in [0, 0.1) is 0 Å². The fourth-order valence-electron chi connectivity index (χ4n) is 6.78. The summed E-state index contributed by atoms with van der Waals surface area (Å²) in [4.78, 5) is 10.5. The van der Waals surface area contributed by atoms with E-state index in [9.17, 15) is 0 Å². The maximum atomic E-state index is 6.58. The maximum absolute atomic E-state index is 6.58. The number of benzene rings is 5. The monoisotopic (exact) mass is 553 g/mol. The third kappa shape index (κ3) is 3.56. The topological polar surface area (TPSA) is 43.9 Å². The summed E-state index contributed by atoms with van der Waals surface area (Å²) in [5.74, 6) is 0.648. The van der Waals surface area contributed by atoms with Crippen molar-refractivity contribution in [3.8, 4) is 17.2 Å². The summed E-state index contributed by atoms with van der Waals surface area (Å²) in [5, 5.41) is 5.47. The normalized spacial score (nSPS) is 16.8. The van der Waals surface area contributed by atoms with Crippen LogP contribution in [0.4, 0.5) is 0 Å². The lowest BCUT2D eigenvalue weighted by Gasteiger charge is -2.27. The molecule has 1 unspecified atom stereocenters. The molecule has 0 radical (unpaired) electrons. The number of allylic oxidation sites excluding steroid dienone is 4. The van der Waals surface area contributed by atoms with Gasteiger partial charge in [-0.1, -0.05) is 110 Å². The quantitative estimate of drug-likeness (QED) is 0.219. The minimum Gasteiger partial charge on any atom is -0.455 e. The Morgan fingerprint density at radius 2 is 1.49 bits per heavy atom. The molecule has 0 N–H and O–H groups in total. The minimum atomic E-state index is -0.0989. The van der Waals surface area contributed by atoms with Crippen LogP contribution < -0.4 is 0 Å². The second kappa shape index (κ2) is 9.01. The van der Waals surface area contributed by atoms with Crippen molar-refractivity contribution in [2.24, 2.45) is 0 Å². The number of hydrogen-bond donors (Lipinski definition) is 0. The molecule has 0 saturated carbocycles. The number of para-hydroxylation sites is 2. The van der Waals surface area contributed by atoms with Crippen LogP contribution in [0.5, 0.6) is 0 Å². The van der Waals surface area contributed by atoms with Gasteiger partial charge in [-0.3, -0.25) is 4.57 Å². The van der Waals surface area contributed by atoms with Gasteiger partial charge < -0.3 is 4.42 Å². The van der Waals surface area contributed by atoms with Crippen LogP contribution in [0.15, 0.2) is 138 Å². The van der Waals surface area contributed by atoms with Gasteiger partial charge in [0.2, 0.25) is 5.95 Å².